The van der Waals surface area contributed by atoms with Crippen LogP contribution in [0.4, 0.5) is 0 Å². The van der Waals surface area contributed by atoms with Gasteiger partial charge in [0.1, 0.15) is 0 Å². The molecule has 1 aromatic heterocycles. The third kappa shape index (κ3) is 4.30. The van der Waals surface area contributed by atoms with E-state index in [4.69, 9.17) is 0 Å². The van der Waals surface area contributed by atoms with Gasteiger partial charge in [-0.1, -0.05) is 26.3 Å². The molecule has 108 valence electrons. The van der Waals surface area contributed by atoms with E-state index >= 15 is 0 Å². The van der Waals surface area contributed by atoms with E-state index < -0.39 is 0 Å². The maximum absolute atomic E-state index is 3.65. The molecular weight excluding hydrogens is 252 g/mol. The van der Waals surface area contributed by atoms with Crippen LogP contribution >= 0.6 is 11.3 Å². The quantitative estimate of drug-likeness (QED) is 0.772. The molecule has 0 saturated carbocycles. The fourth-order valence-electron chi connectivity index (χ4n) is 3.05. The van der Waals surface area contributed by atoms with E-state index in [0.717, 1.165) is 0 Å². The molecule has 1 aliphatic rings. The Morgan fingerprint density at radius 3 is 2.95 bits per heavy atom. The van der Waals surface area contributed by atoms with Gasteiger partial charge in [-0.25, -0.2) is 0 Å². The first-order valence-corrected chi connectivity index (χ1v) is 8.74. The maximum Gasteiger partial charge on any atom is 0.0439 e. The lowest BCUT2D eigenvalue weighted by molar-refractivity contribution is 0.175. The highest BCUT2D eigenvalue weighted by Gasteiger charge is 2.24. The number of nitrogens with zero attached hydrogens (tertiary/aromatic N) is 1. The molecule has 0 amide bonds. The second kappa shape index (κ2) is 8.03. The Morgan fingerprint density at radius 1 is 1.47 bits per heavy atom. The van der Waals surface area contributed by atoms with Crippen molar-refractivity contribution in [3.63, 3.8) is 0 Å². The van der Waals surface area contributed by atoms with E-state index in [1.807, 2.05) is 11.3 Å². The van der Waals surface area contributed by atoms with Crippen LogP contribution in [-0.2, 0) is 0 Å². The van der Waals surface area contributed by atoms with Crippen molar-refractivity contribution in [2.45, 2.75) is 58.0 Å². The van der Waals surface area contributed by atoms with Crippen molar-refractivity contribution < 1.29 is 0 Å². The molecule has 0 spiro atoms. The molecule has 1 aliphatic heterocycles. The summed E-state index contributed by atoms with van der Waals surface area (Å²) in [5.41, 5.74) is 0. The van der Waals surface area contributed by atoms with Crippen LogP contribution in [0.1, 0.15) is 56.9 Å². The van der Waals surface area contributed by atoms with Gasteiger partial charge in [0.15, 0.2) is 0 Å². The fourth-order valence-corrected chi connectivity index (χ4v) is 4.00. The highest BCUT2D eigenvalue weighted by Crippen LogP contribution is 2.29. The van der Waals surface area contributed by atoms with Crippen LogP contribution < -0.4 is 5.32 Å². The fraction of sp³-hybridized carbons (Fsp3) is 0.750. The van der Waals surface area contributed by atoms with Gasteiger partial charge < -0.3 is 5.32 Å². The lowest BCUT2D eigenvalue weighted by atomic mass is 10.1. The highest BCUT2D eigenvalue weighted by molar-refractivity contribution is 7.10. The van der Waals surface area contributed by atoms with E-state index in [1.54, 1.807) is 0 Å². The van der Waals surface area contributed by atoms with Gasteiger partial charge in [0.05, 0.1) is 0 Å². The Kier molecular flexibility index (Phi) is 6.35. The summed E-state index contributed by atoms with van der Waals surface area (Å²) in [7, 11) is 0. The lowest BCUT2D eigenvalue weighted by Crippen LogP contribution is -2.40. The summed E-state index contributed by atoms with van der Waals surface area (Å²) in [5.74, 6) is 0. The Labute approximate surface area is 122 Å². The normalized spacial score (nSPS) is 21.1. The standard InChI is InChI=1S/C16H28N2S/c1-3-5-11-18(13-14-8-6-10-17-14)15(4-2)16-9-7-12-19-16/h7,9,12,14-15,17H,3-6,8,10-11,13H2,1-2H3. The summed E-state index contributed by atoms with van der Waals surface area (Å²) >= 11 is 1.91. The third-order valence-corrected chi connectivity index (χ3v) is 5.09. The smallest absolute Gasteiger partial charge is 0.0439 e. The average Bonchev–Trinajstić information content (AvgIpc) is 3.09. The van der Waals surface area contributed by atoms with Gasteiger partial charge in [0, 0.05) is 23.5 Å². The summed E-state index contributed by atoms with van der Waals surface area (Å²) < 4.78 is 0. The van der Waals surface area contributed by atoms with Crippen LogP contribution in [0.3, 0.4) is 0 Å². The molecule has 0 aromatic carbocycles. The Balaban J connectivity index is 2.01. The molecule has 1 N–H and O–H groups in total. The van der Waals surface area contributed by atoms with Crippen molar-refractivity contribution in [2.75, 3.05) is 19.6 Å². The van der Waals surface area contributed by atoms with Crippen LogP contribution in [0.15, 0.2) is 17.5 Å². The van der Waals surface area contributed by atoms with E-state index in [0.29, 0.717) is 12.1 Å². The van der Waals surface area contributed by atoms with Crippen molar-refractivity contribution in [2.24, 2.45) is 0 Å². The number of rotatable bonds is 8. The number of hydrogen-bond donors (Lipinski definition) is 1. The largest absolute Gasteiger partial charge is 0.313 e. The first-order valence-electron chi connectivity index (χ1n) is 7.86. The SMILES string of the molecule is CCCCN(CC1CCCN1)C(CC)c1cccs1. The summed E-state index contributed by atoms with van der Waals surface area (Å²) in [6, 6.07) is 5.83. The van der Waals surface area contributed by atoms with Gasteiger partial charge >= 0.3 is 0 Å². The number of thiophene rings is 1. The van der Waals surface area contributed by atoms with Crippen molar-refractivity contribution in [3.05, 3.63) is 22.4 Å². The summed E-state index contributed by atoms with van der Waals surface area (Å²) in [5, 5.41) is 5.86. The minimum atomic E-state index is 0.619. The molecule has 2 atom stereocenters. The molecule has 1 fully saturated rings. The van der Waals surface area contributed by atoms with E-state index in [2.05, 4.69) is 41.6 Å². The zero-order valence-electron chi connectivity index (χ0n) is 12.4. The lowest BCUT2D eigenvalue weighted by Gasteiger charge is -2.32. The molecule has 19 heavy (non-hydrogen) atoms. The second-order valence-corrected chi connectivity index (χ2v) is 6.56. The summed E-state index contributed by atoms with van der Waals surface area (Å²) in [6.45, 7) is 8.28. The predicted molar refractivity (Wildman–Crippen MR) is 84.9 cm³/mol. The van der Waals surface area contributed by atoms with Crippen LogP contribution in [0.2, 0.25) is 0 Å². The van der Waals surface area contributed by atoms with Crippen molar-refractivity contribution in [1.82, 2.24) is 10.2 Å². The number of unbranched alkanes of at least 4 members (excludes halogenated alkanes) is 1. The summed E-state index contributed by atoms with van der Waals surface area (Å²) in [4.78, 5) is 4.26. The van der Waals surface area contributed by atoms with Gasteiger partial charge in [0.2, 0.25) is 0 Å². The van der Waals surface area contributed by atoms with Gasteiger partial charge in [-0.2, -0.15) is 0 Å². The molecule has 2 unspecified atom stereocenters. The maximum atomic E-state index is 3.65. The summed E-state index contributed by atoms with van der Waals surface area (Å²) in [6.07, 6.45) is 6.52. The van der Waals surface area contributed by atoms with E-state index in [-0.39, 0.29) is 0 Å². The molecule has 2 nitrogen and oxygen atoms in total. The van der Waals surface area contributed by atoms with E-state index in [9.17, 15) is 0 Å². The van der Waals surface area contributed by atoms with Crippen molar-refractivity contribution in [1.29, 1.82) is 0 Å². The highest BCUT2D eigenvalue weighted by atomic mass is 32.1. The number of nitrogens with one attached hydrogen (secondary N) is 1. The molecule has 0 bridgehead atoms. The molecule has 0 aliphatic carbocycles. The average molecular weight is 280 g/mol. The minimum Gasteiger partial charge on any atom is -0.313 e. The predicted octanol–water partition coefficient (Wildman–Crippen LogP) is 4.05. The van der Waals surface area contributed by atoms with Gasteiger partial charge in [0.25, 0.3) is 0 Å². The third-order valence-electron chi connectivity index (χ3n) is 4.12. The molecule has 1 aromatic rings. The molecular formula is C16H28N2S. The van der Waals surface area contributed by atoms with Gasteiger partial charge in [-0.15, -0.1) is 11.3 Å². The zero-order chi connectivity index (χ0) is 13.5. The van der Waals surface area contributed by atoms with Crippen LogP contribution in [0, 0.1) is 0 Å². The monoisotopic (exact) mass is 280 g/mol. The molecule has 1 saturated heterocycles. The van der Waals surface area contributed by atoms with Crippen molar-refractivity contribution in [3.8, 4) is 0 Å². The Morgan fingerprint density at radius 2 is 2.37 bits per heavy atom. The van der Waals surface area contributed by atoms with Gasteiger partial charge in [-0.3, -0.25) is 4.90 Å². The van der Waals surface area contributed by atoms with Crippen molar-refractivity contribution >= 4 is 11.3 Å². The first kappa shape index (κ1) is 15.0. The number of hydrogen-bond acceptors (Lipinski definition) is 3. The van der Waals surface area contributed by atoms with Gasteiger partial charge in [-0.05, 0) is 50.2 Å². The Bertz CT molecular complexity index is 331. The first-order chi connectivity index (χ1) is 9.35. The van der Waals surface area contributed by atoms with Crippen LogP contribution in [0.25, 0.3) is 0 Å². The molecule has 0 radical (unpaired) electrons. The van der Waals surface area contributed by atoms with E-state index in [1.165, 1.54) is 56.6 Å². The molecule has 2 rings (SSSR count). The zero-order valence-corrected chi connectivity index (χ0v) is 13.2. The topological polar surface area (TPSA) is 15.3 Å². The molecule has 3 heteroatoms. The Hall–Kier alpha value is -0.380. The molecule has 2 heterocycles. The minimum absolute atomic E-state index is 0.619. The van der Waals surface area contributed by atoms with Crippen LogP contribution in [-0.4, -0.2) is 30.6 Å². The second-order valence-electron chi connectivity index (χ2n) is 5.58. The van der Waals surface area contributed by atoms with Crippen LogP contribution in [0.5, 0.6) is 0 Å².